The maximum Gasteiger partial charge on any atom is 0.186 e. The SMILES string of the molecule is COc1cccc(CN(Cc2cccc(OC)c2)c2nc(COC3CCN(C)CC3)cs2)c1. The molecule has 6 nitrogen and oxygen atoms in total. The normalized spacial score (nSPS) is 14.9. The summed E-state index contributed by atoms with van der Waals surface area (Å²) in [5.74, 6) is 1.72. The molecule has 33 heavy (non-hydrogen) atoms. The highest BCUT2D eigenvalue weighted by Crippen LogP contribution is 2.27. The van der Waals surface area contributed by atoms with E-state index in [0.29, 0.717) is 12.7 Å². The second-order valence-electron chi connectivity index (χ2n) is 8.49. The number of nitrogens with zero attached hydrogens (tertiary/aromatic N) is 3. The second kappa shape index (κ2) is 11.5. The van der Waals surface area contributed by atoms with Crippen LogP contribution in [0.3, 0.4) is 0 Å². The lowest BCUT2D eigenvalue weighted by molar-refractivity contribution is 0.000962. The molecule has 0 atom stereocenters. The van der Waals surface area contributed by atoms with E-state index in [9.17, 15) is 0 Å². The van der Waals surface area contributed by atoms with Crippen molar-refractivity contribution in [3.05, 3.63) is 70.7 Å². The quantitative estimate of drug-likeness (QED) is 0.419. The molecule has 176 valence electrons. The third-order valence-electron chi connectivity index (χ3n) is 5.96. The van der Waals surface area contributed by atoms with E-state index in [1.54, 1.807) is 25.6 Å². The van der Waals surface area contributed by atoms with Gasteiger partial charge in [0, 0.05) is 31.6 Å². The Kier molecular flexibility index (Phi) is 8.20. The lowest BCUT2D eigenvalue weighted by Crippen LogP contribution is -2.34. The zero-order valence-corrected chi connectivity index (χ0v) is 20.5. The Morgan fingerprint density at radius 1 is 0.970 bits per heavy atom. The highest BCUT2D eigenvalue weighted by molar-refractivity contribution is 7.13. The molecule has 3 aromatic rings. The van der Waals surface area contributed by atoms with Crippen LogP contribution >= 0.6 is 11.3 Å². The minimum Gasteiger partial charge on any atom is -0.497 e. The van der Waals surface area contributed by atoms with Crippen molar-refractivity contribution in [2.75, 3.05) is 39.3 Å². The molecule has 1 aromatic heterocycles. The Morgan fingerprint density at radius 2 is 1.58 bits per heavy atom. The van der Waals surface area contributed by atoms with Crippen LogP contribution in [0.25, 0.3) is 0 Å². The monoisotopic (exact) mass is 467 g/mol. The van der Waals surface area contributed by atoms with Crippen LogP contribution < -0.4 is 14.4 Å². The van der Waals surface area contributed by atoms with Crippen molar-refractivity contribution in [1.29, 1.82) is 0 Å². The Bertz CT molecular complexity index is 968. The van der Waals surface area contributed by atoms with Gasteiger partial charge in [0.2, 0.25) is 0 Å². The van der Waals surface area contributed by atoms with Crippen LogP contribution in [-0.2, 0) is 24.4 Å². The van der Waals surface area contributed by atoms with Crippen molar-refractivity contribution in [2.45, 2.75) is 38.6 Å². The zero-order valence-electron chi connectivity index (χ0n) is 19.7. The van der Waals surface area contributed by atoms with Crippen molar-refractivity contribution in [1.82, 2.24) is 9.88 Å². The highest BCUT2D eigenvalue weighted by atomic mass is 32.1. The summed E-state index contributed by atoms with van der Waals surface area (Å²) in [6, 6.07) is 16.4. The number of methoxy groups -OCH3 is 2. The molecule has 0 spiro atoms. The fourth-order valence-electron chi connectivity index (χ4n) is 4.04. The van der Waals surface area contributed by atoms with Crippen LogP contribution in [0.1, 0.15) is 29.7 Å². The molecule has 0 radical (unpaired) electrons. The minimum atomic E-state index is 0.330. The first-order valence-corrected chi connectivity index (χ1v) is 12.3. The molecule has 0 N–H and O–H groups in total. The van der Waals surface area contributed by atoms with Gasteiger partial charge in [-0.3, -0.25) is 0 Å². The number of benzene rings is 2. The number of thiazole rings is 1. The summed E-state index contributed by atoms with van der Waals surface area (Å²) in [7, 11) is 5.57. The van der Waals surface area contributed by atoms with E-state index < -0.39 is 0 Å². The molecular formula is C26H33N3O3S. The van der Waals surface area contributed by atoms with Crippen molar-refractivity contribution in [3.8, 4) is 11.5 Å². The third kappa shape index (κ3) is 6.69. The summed E-state index contributed by atoms with van der Waals surface area (Å²) in [5.41, 5.74) is 3.35. The maximum absolute atomic E-state index is 6.17. The van der Waals surface area contributed by atoms with E-state index in [0.717, 1.165) is 61.3 Å². The number of hydrogen-bond acceptors (Lipinski definition) is 7. The summed E-state index contributed by atoms with van der Waals surface area (Å²) in [6.07, 6.45) is 2.51. The Hall–Kier alpha value is -2.61. The van der Waals surface area contributed by atoms with Gasteiger partial charge in [0.15, 0.2) is 5.13 Å². The van der Waals surface area contributed by atoms with Gasteiger partial charge < -0.3 is 24.0 Å². The molecule has 2 heterocycles. The summed E-state index contributed by atoms with van der Waals surface area (Å²) < 4.78 is 17.0. The van der Waals surface area contributed by atoms with Crippen molar-refractivity contribution in [3.63, 3.8) is 0 Å². The predicted octanol–water partition coefficient (Wildman–Crippen LogP) is 4.98. The van der Waals surface area contributed by atoms with Crippen molar-refractivity contribution in [2.24, 2.45) is 0 Å². The van der Waals surface area contributed by atoms with Gasteiger partial charge in [-0.25, -0.2) is 4.98 Å². The molecule has 1 fully saturated rings. The van der Waals surface area contributed by atoms with E-state index in [2.05, 4.69) is 46.5 Å². The number of anilines is 1. The topological polar surface area (TPSA) is 47.1 Å². The molecule has 0 aliphatic carbocycles. The van der Waals surface area contributed by atoms with E-state index in [4.69, 9.17) is 19.2 Å². The molecule has 1 saturated heterocycles. The van der Waals surface area contributed by atoms with Gasteiger partial charge in [0.05, 0.1) is 32.6 Å². The first-order chi connectivity index (χ1) is 16.1. The summed E-state index contributed by atoms with van der Waals surface area (Å²) in [5, 5.41) is 3.11. The van der Waals surface area contributed by atoms with E-state index in [1.165, 1.54) is 11.1 Å². The molecule has 0 saturated carbocycles. The van der Waals surface area contributed by atoms with Crippen molar-refractivity contribution < 1.29 is 14.2 Å². The average molecular weight is 468 g/mol. The van der Waals surface area contributed by atoms with Gasteiger partial charge in [0.25, 0.3) is 0 Å². The molecule has 0 unspecified atom stereocenters. The zero-order chi connectivity index (χ0) is 23.0. The van der Waals surface area contributed by atoms with E-state index in [1.807, 2.05) is 24.3 Å². The van der Waals surface area contributed by atoms with Gasteiger partial charge in [-0.1, -0.05) is 24.3 Å². The second-order valence-corrected chi connectivity index (χ2v) is 9.33. The summed E-state index contributed by atoms with van der Waals surface area (Å²) in [4.78, 5) is 9.59. The van der Waals surface area contributed by atoms with Crippen LogP contribution in [-0.4, -0.2) is 50.3 Å². The minimum absolute atomic E-state index is 0.330. The molecule has 7 heteroatoms. The first kappa shape index (κ1) is 23.5. The molecule has 1 aliphatic heterocycles. The first-order valence-electron chi connectivity index (χ1n) is 11.4. The Labute approximate surface area is 200 Å². The summed E-state index contributed by atoms with van der Waals surface area (Å²) >= 11 is 1.67. The fraction of sp³-hybridized carbons (Fsp3) is 0.423. The molecule has 2 aromatic carbocycles. The average Bonchev–Trinajstić information content (AvgIpc) is 3.33. The maximum atomic E-state index is 6.17. The van der Waals surface area contributed by atoms with Crippen LogP contribution in [0.15, 0.2) is 53.9 Å². The van der Waals surface area contributed by atoms with E-state index >= 15 is 0 Å². The number of rotatable bonds is 10. The van der Waals surface area contributed by atoms with Crippen LogP contribution in [0.2, 0.25) is 0 Å². The van der Waals surface area contributed by atoms with Gasteiger partial charge in [-0.15, -0.1) is 11.3 Å². The number of hydrogen-bond donors (Lipinski definition) is 0. The summed E-state index contributed by atoms with van der Waals surface area (Å²) in [6.45, 7) is 4.23. The van der Waals surface area contributed by atoms with Gasteiger partial charge in [0.1, 0.15) is 11.5 Å². The van der Waals surface area contributed by atoms with Crippen molar-refractivity contribution >= 4 is 16.5 Å². The smallest absolute Gasteiger partial charge is 0.186 e. The Balaban J connectivity index is 1.48. The number of ether oxygens (including phenoxy) is 3. The fourth-order valence-corrected chi connectivity index (χ4v) is 4.85. The Morgan fingerprint density at radius 3 is 2.15 bits per heavy atom. The number of piperidine rings is 1. The molecule has 0 amide bonds. The standard InChI is InChI=1S/C26H33N3O3S/c1-28-12-10-23(11-13-28)32-18-22-19-33-26(27-22)29(16-20-6-4-8-24(14-20)30-2)17-21-7-5-9-25(15-21)31-3/h4-9,14-15,19,23H,10-13,16-18H2,1-3H3. The van der Waals surface area contributed by atoms with Crippen LogP contribution in [0, 0.1) is 0 Å². The van der Waals surface area contributed by atoms with Crippen LogP contribution in [0.4, 0.5) is 5.13 Å². The lowest BCUT2D eigenvalue weighted by atomic mass is 10.1. The van der Waals surface area contributed by atoms with Gasteiger partial charge in [-0.05, 0) is 55.3 Å². The predicted molar refractivity (Wildman–Crippen MR) is 133 cm³/mol. The number of aromatic nitrogens is 1. The molecule has 4 rings (SSSR count). The highest BCUT2D eigenvalue weighted by Gasteiger charge is 2.18. The van der Waals surface area contributed by atoms with E-state index in [-0.39, 0.29) is 0 Å². The van der Waals surface area contributed by atoms with Crippen LogP contribution in [0.5, 0.6) is 11.5 Å². The number of likely N-dealkylation sites (tertiary alicyclic amines) is 1. The third-order valence-corrected chi connectivity index (χ3v) is 6.91. The molecule has 0 bridgehead atoms. The molecule has 1 aliphatic rings. The molecular weight excluding hydrogens is 434 g/mol. The largest absolute Gasteiger partial charge is 0.497 e. The van der Waals surface area contributed by atoms with Gasteiger partial charge >= 0.3 is 0 Å². The lowest BCUT2D eigenvalue weighted by Gasteiger charge is -2.28. The van der Waals surface area contributed by atoms with Gasteiger partial charge in [-0.2, -0.15) is 0 Å².